The second-order valence-corrected chi connectivity index (χ2v) is 15.7. The number of hydrogen-bond acceptors (Lipinski definition) is 1. The van der Waals surface area contributed by atoms with Crippen molar-refractivity contribution >= 4 is 38.9 Å². The number of hydrogen-bond donors (Lipinski definition) is 0. The van der Waals surface area contributed by atoms with Crippen molar-refractivity contribution in [2.75, 3.05) is 4.90 Å². The molecule has 292 valence electrons. The van der Waals surface area contributed by atoms with E-state index in [1.54, 1.807) is 0 Å². The van der Waals surface area contributed by atoms with E-state index in [-0.39, 0.29) is 0 Å². The zero-order valence-corrected chi connectivity index (χ0v) is 34.1. The summed E-state index contributed by atoms with van der Waals surface area (Å²) < 4.78 is 2.46. The molecule has 1 heterocycles. The van der Waals surface area contributed by atoms with Gasteiger partial charge in [-0.2, -0.15) is 0 Å². The highest BCUT2D eigenvalue weighted by molar-refractivity contribution is 6.11. The van der Waals surface area contributed by atoms with Crippen LogP contribution in [0.15, 0.2) is 255 Å². The molecule has 0 fully saturated rings. The first-order valence-electron chi connectivity index (χ1n) is 21.3. The monoisotopic (exact) mass is 790 g/mol. The van der Waals surface area contributed by atoms with E-state index in [0.717, 1.165) is 33.8 Å². The Kier molecular flexibility index (Phi) is 9.57. The number of para-hydroxylation sites is 3. The lowest BCUT2D eigenvalue weighted by Gasteiger charge is -2.29. The summed E-state index contributed by atoms with van der Waals surface area (Å²) in [5.74, 6) is 0. The van der Waals surface area contributed by atoms with Crippen LogP contribution in [0.3, 0.4) is 0 Å². The molecule has 0 radical (unpaired) electrons. The minimum atomic E-state index is 1.07. The fraction of sp³-hybridized carbons (Fsp3) is 0. The highest BCUT2D eigenvalue weighted by atomic mass is 15.1. The van der Waals surface area contributed by atoms with E-state index in [1.807, 2.05) is 0 Å². The summed E-state index contributed by atoms with van der Waals surface area (Å²) in [5, 5.41) is 2.43. The summed E-state index contributed by atoms with van der Waals surface area (Å²) in [6, 6.07) is 92.1. The molecule has 0 saturated carbocycles. The molecule has 2 heteroatoms. The maximum Gasteiger partial charge on any atom is 0.0562 e. The van der Waals surface area contributed by atoms with Crippen LogP contribution in [0.4, 0.5) is 17.1 Å². The lowest BCUT2D eigenvalue weighted by molar-refractivity contribution is 1.18. The number of rotatable bonds is 9. The third kappa shape index (κ3) is 6.74. The molecule has 0 saturated heterocycles. The lowest BCUT2D eigenvalue weighted by Crippen LogP contribution is -2.11. The molecule has 0 aliphatic rings. The van der Waals surface area contributed by atoms with E-state index in [1.165, 1.54) is 66.4 Å². The molecular weight excluding hydrogens is 749 g/mol. The first-order valence-corrected chi connectivity index (χ1v) is 21.3. The SMILES string of the molecule is c1ccc(-c2ccc(N(c3ccc4c5ccccc5n(-c5ccccc5-c5cccc(-c6ccccc6)c5)c4c3)c3ccccc3-c3ccccc3-c3ccccc3)cc2)cc1. The molecule has 10 aromatic carbocycles. The van der Waals surface area contributed by atoms with Crippen molar-refractivity contribution in [3.05, 3.63) is 255 Å². The van der Waals surface area contributed by atoms with Gasteiger partial charge in [-0.1, -0.05) is 206 Å². The Morgan fingerprint density at radius 3 is 1.50 bits per heavy atom. The van der Waals surface area contributed by atoms with E-state index in [0.29, 0.717) is 0 Å². The summed E-state index contributed by atoms with van der Waals surface area (Å²) >= 11 is 0. The van der Waals surface area contributed by atoms with Crippen molar-refractivity contribution in [3.8, 4) is 61.3 Å². The topological polar surface area (TPSA) is 8.17 Å². The van der Waals surface area contributed by atoms with Crippen molar-refractivity contribution in [3.63, 3.8) is 0 Å². The van der Waals surface area contributed by atoms with Crippen molar-refractivity contribution < 1.29 is 0 Å². The number of fused-ring (bicyclic) bond motifs is 3. The van der Waals surface area contributed by atoms with Gasteiger partial charge in [0.2, 0.25) is 0 Å². The molecule has 62 heavy (non-hydrogen) atoms. The van der Waals surface area contributed by atoms with Crippen molar-refractivity contribution in [1.29, 1.82) is 0 Å². The molecule has 2 nitrogen and oxygen atoms in total. The number of anilines is 3. The lowest BCUT2D eigenvalue weighted by atomic mass is 9.93. The third-order valence-electron chi connectivity index (χ3n) is 12.0. The van der Waals surface area contributed by atoms with Gasteiger partial charge < -0.3 is 9.47 Å². The van der Waals surface area contributed by atoms with Crippen molar-refractivity contribution in [2.45, 2.75) is 0 Å². The molecular formula is C60H42N2. The number of nitrogens with zero attached hydrogens (tertiary/aromatic N) is 2. The summed E-state index contributed by atoms with van der Waals surface area (Å²) in [6.45, 7) is 0. The maximum absolute atomic E-state index is 2.46. The van der Waals surface area contributed by atoms with Gasteiger partial charge in [0.15, 0.2) is 0 Å². The van der Waals surface area contributed by atoms with Gasteiger partial charge >= 0.3 is 0 Å². The Bertz CT molecular complexity index is 3330. The predicted octanol–water partition coefficient (Wildman–Crippen LogP) is 16.6. The Labute approximate surface area is 362 Å². The standard InChI is InChI=1S/C60H42N2/c1-4-19-43(20-5-1)45-35-37-49(38-36-45)61(58-33-16-13-30-54(58)53-29-11-10-27-51(53)46-23-8-3-9-24-46)50-39-40-56-55-31-14-17-34-59(55)62(60(56)42-50)57-32-15-12-28-52(57)48-26-18-25-47(41-48)44-21-6-2-7-22-44/h1-42H. The first-order chi connectivity index (χ1) is 30.8. The number of aromatic nitrogens is 1. The molecule has 0 amide bonds. The summed E-state index contributed by atoms with van der Waals surface area (Å²) in [6.07, 6.45) is 0. The Hall–Kier alpha value is -8.20. The highest BCUT2D eigenvalue weighted by Gasteiger charge is 2.22. The van der Waals surface area contributed by atoms with Gasteiger partial charge in [0.05, 0.1) is 22.4 Å². The van der Waals surface area contributed by atoms with Crippen LogP contribution in [0.2, 0.25) is 0 Å². The molecule has 11 rings (SSSR count). The van der Waals surface area contributed by atoms with Crippen LogP contribution in [0, 0.1) is 0 Å². The van der Waals surface area contributed by atoms with Gasteiger partial charge in [-0.25, -0.2) is 0 Å². The highest BCUT2D eigenvalue weighted by Crippen LogP contribution is 2.46. The largest absolute Gasteiger partial charge is 0.310 e. The van der Waals surface area contributed by atoms with Crippen molar-refractivity contribution in [2.24, 2.45) is 0 Å². The quantitative estimate of drug-likeness (QED) is 0.141. The molecule has 0 aliphatic carbocycles. The van der Waals surface area contributed by atoms with Crippen LogP contribution in [-0.4, -0.2) is 4.57 Å². The molecule has 0 unspecified atom stereocenters. The second kappa shape index (κ2) is 16.1. The van der Waals surface area contributed by atoms with E-state index >= 15 is 0 Å². The van der Waals surface area contributed by atoms with Crippen LogP contribution in [0.25, 0.3) is 83.1 Å². The summed E-state index contributed by atoms with van der Waals surface area (Å²) in [5.41, 5.74) is 18.6. The smallest absolute Gasteiger partial charge is 0.0562 e. The maximum atomic E-state index is 2.46. The molecule has 0 atom stereocenters. The minimum absolute atomic E-state index is 1.07. The number of benzene rings is 10. The Balaban J connectivity index is 1.13. The van der Waals surface area contributed by atoms with Gasteiger partial charge in [0, 0.05) is 33.3 Å². The molecule has 0 aliphatic heterocycles. The fourth-order valence-electron chi connectivity index (χ4n) is 9.11. The van der Waals surface area contributed by atoms with Gasteiger partial charge in [-0.3, -0.25) is 0 Å². The molecule has 0 bridgehead atoms. The van der Waals surface area contributed by atoms with Crippen molar-refractivity contribution in [1.82, 2.24) is 4.57 Å². The zero-order valence-electron chi connectivity index (χ0n) is 34.1. The Morgan fingerprint density at radius 2 is 0.758 bits per heavy atom. The van der Waals surface area contributed by atoms with E-state index in [4.69, 9.17) is 0 Å². The fourth-order valence-corrected chi connectivity index (χ4v) is 9.11. The van der Waals surface area contributed by atoms with E-state index in [2.05, 4.69) is 264 Å². The van der Waals surface area contributed by atoms with Crippen LogP contribution in [0.5, 0.6) is 0 Å². The zero-order chi connectivity index (χ0) is 41.2. The van der Waals surface area contributed by atoms with Crippen LogP contribution < -0.4 is 4.90 Å². The average molecular weight is 791 g/mol. The molecule has 1 aromatic heterocycles. The normalized spacial score (nSPS) is 11.2. The second-order valence-electron chi connectivity index (χ2n) is 15.7. The molecule has 0 N–H and O–H groups in total. The summed E-state index contributed by atoms with van der Waals surface area (Å²) in [7, 11) is 0. The van der Waals surface area contributed by atoms with E-state index in [9.17, 15) is 0 Å². The van der Waals surface area contributed by atoms with Gasteiger partial charge in [0.1, 0.15) is 0 Å². The van der Waals surface area contributed by atoms with Gasteiger partial charge in [-0.15, -0.1) is 0 Å². The predicted molar refractivity (Wildman–Crippen MR) is 263 cm³/mol. The van der Waals surface area contributed by atoms with Crippen LogP contribution in [0.1, 0.15) is 0 Å². The third-order valence-corrected chi connectivity index (χ3v) is 12.0. The summed E-state index contributed by atoms with van der Waals surface area (Å²) in [4.78, 5) is 2.43. The molecule has 11 aromatic rings. The average Bonchev–Trinajstić information content (AvgIpc) is 3.69. The molecule has 0 spiro atoms. The Morgan fingerprint density at radius 1 is 0.258 bits per heavy atom. The first kappa shape index (κ1) is 36.8. The van der Waals surface area contributed by atoms with E-state index < -0.39 is 0 Å². The van der Waals surface area contributed by atoms with Gasteiger partial charge in [-0.05, 0) is 93.0 Å². The van der Waals surface area contributed by atoms with Crippen LogP contribution >= 0.6 is 0 Å². The van der Waals surface area contributed by atoms with Gasteiger partial charge in [0.25, 0.3) is 0 Å². The minimum Gasteiger partial charge on any atom is -0.310 e. The van der Waals surface area contributed by atoms with Crippen LogP contribution in [-0.2, 0) is 0 Å².